The first-order valence-corrected chi connectivity index (χ1v) is 6.07. The van der Waals surface area contributed by atoms with E-state index in [4.69, 9.17) is 0 Å². The highest BCUT2D eigenvalue weighted by molar-refractivity contribution is 6.06. The van der Waals surface area contributed by atoms with E-state index in [1.165, 1.54) is 5.56 Å². The van der Waals surface area contributed by atoms with Gasteiger partial charge in [-0.2, -0.15) is 0 Å². The fourth-order valence-electron chi connectivity index (χ4n) is 2.23. The molecule has 1 aliphatic heterocycles. The highest BCUT2D eigenvalue weighted by atomic mass is 19.1. The van der Waals surface area contributed by atoms with E-state index >= 15 is 0 Å². The van der Waals surface area contributed by atoms with E-state index in [0.29, 0.717) is 5.56 Å². The number of aliphatic imine (C=N–C) groups is 1. The van der Waals surface area contributed by atoms with Gasteiger partial charge in [-0.1, -0.05) is 29.8 Å². The van der Waals surface area contributed by atoms with Crippen LogP contribution >= 0.6 is 0 Å². The van der Waals surface area contributed by atoms with Crippen LogP contribution in [0.3, 0.4) is 0 Å². The molecule has 1 nitrogen and oxygen atoms in total. The number of halogens is 1. The van der Waals surface area contributed by atoms with Crippen LogP contribution in [0.5, 0.6) is 0 Å². The van der Waals surface area contributed by atoms with Gasteiger partial charge in [0.05, 0.1) is 11.4 Å². The highest BCUT2D eigenvalue weighted by Gasteiger charge is 2.17. The Bertz CT molecular complexity index is 639. The maximum Gasteiger partial charge on any atom is 0.126 e. The third-order valence-electron chi connectivity index (χ3n) is 3.36. The molecule has 1 aliphatic rings. The van der Waals surface area contributed by atoms with Gasteiger partial charge in [0, 0.05) is 6.42 Å². The summed E-state index contributed by atoms with van der Waals surface area (Å²) in [6, 6.07) is 11.7. The summed E-state index contributed by atoms with van der Waals surface area (Å²) in [5.41, 5.74) is 5.92. The van der Waals surface area contributed by atoms with Gasteiger partial charge in [0.1, 0.15) is 5.82 Å². The van der Waals surface area contributed by atoms with Crippen molar-refractivity contribution in [1.29, 1.82) is 0 Å². The van der Waals surface area contributed by atoms with Crippen molar-refractivity contribution in [1.82, 2.24) is 0 Å². The second kappa shape index (κ2) is 4.05. The molecule has 0 N–H and O–H groups in total. The first-order chi connectivity index (χ1) is 8.63. The minimum Gasteiger partial charge on any atom is -0.252 e. The first kappa shape index (κ1) is 11.1. The molecule has 0 saturated carbocycles. The van der Waals surface area contributed by atoms with Crippen molar-refractivity contribution in [3.63, 3.8) is 0 Å². The first-order valence-electron chi connectivity index (χ1n) is 6.07. The molecule has 90 valence electrons. The van der Waals surface area contributed by atoms with Crippen LogP contribution in [-0.4, -0.2) is 5.71 Å². The van der Waals surface area contributed by atoms with E-state index in [0.717, 1.165) is 28.9 Å². The van der Waals surface area contributed by atoms with Crippen LogP contribution in [0.1, 0.15) is 22.3 Å². The minimum absolute atomic E-state index is 0.144. The van der Waals surface area contributed by atoms with Crippen molar-refractivity contribution < 1.29 is 4.39 Å². The van der Waals surface area contributed by atoms with Gasteiger partial charge in [-0.15, -0.1) is 0 Å². The largest absolute Gasteiger partial charge is 0.252 e. The monoisotopic (exact) mass is 239 g/mol. The Labute approximate surface area is 106 Å². The molecular weight excluding hydrogens is 225 g/mol. The molecule has 0 bridgehead atoms. The molecule has 0 fully saturated rings. The molecule has 0 atom stereocenters. The Balaban J connectivity index is 2.00. The van der Waals surface area contributed by atoms with Gasteiger partial charge in [-0.25, -0.2) is 4.39 Å². The minimum atomic E-state index is -0.144. The molecule has 0 aromatic heterocycles. The Morgan fingerprint density at radius 2 is 1.78 bits per heavy atom. The zero-order chi connectivity index (χ0) is 12.7. The number of benzene rings is 2. The molecule has 1 heterocycles. The summed E-state index contributed by atoms with van der Waals surface area (Å²) in [5, 5.41) is 0. The van der Waals surface area contributed by atoms with Crippen LogP contribution in [0.4, 0.5) is 10.1 Å². The summed E-state index contributed by atoms with van der Waals surface area (Å²) < 4.78 is 13.5. The number of hydrogen-bond acceptors (Lipinski definition) is 1. The fraction of sp³-hybridized carbons (Fsp3) is 0.188. The maximum atomic E-state index is 13.5. The molecule has 18 heavy (non-hydrogen) atoms. The summed E-state index contributed by atoms with van der Waals surface area (Å²) in [7, 11) is 0. The predicted molar refractivity (Wildman–Crippen MR) is 72.2 cm³/mol. The Hall–Kier alpha value is -1.96. The average Bonchev–Trinajstić information content (AvgIpc) is 2.73. The second-order valence-corrected chi connectivity index (χ2v) is 4.83. The van der Waals surface area contributed by atoms with Crippen LogP contribution in [0.25, 0.3) is 0 Å². The molecule has 0 unspecified atom stereocenters. The SMILES string of the molecule is Cc1ccc(C2=Nc3cc(C)c(F)cc3C2)cc1. The molecule has 0 spiro atoms. The topological polar surface area (TPSA) is 12.4 Å². The summed E-state index contributed by atoms with van der Waals surface area (Å²) in [6.45, 7) is 3.84. The lowest BCUT2D eigenvalue weighted by molar-refractivity contribution is 0.617. The highest BCUT2D eigenvalue weighted by Crippen LogP contribution is 2.31. The second-order valence-electron chi connectivity index (χ2n) is 4.83. The van der Waals surface area contributed by atoms with Crippen LogP contribution in [0.2, 0.25) is 0 Å². The Morgan fingerprint density at radius 1 is 1.06 bits per heavy atom. The molecule has 0 amide bonds. The molecule has 0 radical (unpaired) electrons. The van der Waals surface area contributed by atoms with Crippen molar-refractivity contribution >= 4 is 11.4 Å². The fourth-order valence-corrected chi connectivity index (χ4v) is 2.23. The van der Waals surface area contributed by atoms with E-state index in [1.54, 1.807) is 13.0 Å². The number of aryl methyl sites for hydroxylation is 2. The molecule has 0 aliphatic carbocycles. The van der Waals surface area contributed by atoms with E-state index < -0.39 is 0 Å². The maximum absolute atomic E-state index is 13.5. The van der Waals surface area contributed by atoms with Gasteiger partial charge in [0.25, 0.3) is 0 Å². The summed E-state index contributed by atoms with van der Waals surface area (Å²) in [4.78, 5) is 4.60. The van der Waals surface area contributed by atoms with Crippen LogP contribution in [0, 0.1) is 19.7 Å². The van der Waals surface area contributed by atoms with Gasteiger partial charge >= 0.3 is 0 Å². The Kier molecular flexibility index (Phi) is 2.51. The lowest BCUT2D eigenvalue weighted by Gasteiger charge is -2.01. The third kappa shape index (κ3) is 1.84. The van der Waals surface area contributed by atoms with Crippen LogP contribution in [0.15, 0.2) is 41.4 Å². The zero-order valence-corrected chi connectivity index (χ0v) is 10.5. The smallest absolute Gasteiger partial charge is 0.126 e. The normalized spacial score (nSPS) is 13.4. The van der Waals surface area contributed by atoms with Crippen molar-refractivity contribution in [3.8, 4) is 0 Å². The average molecular weight is 239 g/mol. The molecule has 2 heteroatoms. The number of rotatable bonds is 1. The number of hydrogen-bond donors (Lipinski definition) is 0. The van der Waals surface area contributed by atoms with Crippen molar-refractivity contribution in [3.05, 3.63) is 64.5 Å². The lowest BCUT2D eigenvalue weighted by atomic mass is 10.0. The molecule has 0 saturated heterocycles. The quantitative estimate of drug-likeness (QED) is 0.709. The third-order valence-corrected chi connectivity index (χ3v) is 3.36. The van der Waals surface area contributed by atoms with Gasteiger partial charge < -0.3 is 0 Å². The number of nitrogens with zero attached hydrogens (tertiary/aromatic N) is 1. The summed E-state index contributed by atoms with van der Waals surface area (Å²) >= 11 is 0. The molecule has 3 rings (SSSR count). The summed E-state index contributed by atoms with van der Waals surface area (Å²) in [5.74, 6) is -0.144. The van der Waals surface area contributed by atoms with Gasteiger partial charge in [-0.05, 0) is 42.7 Å². The van der Waals surface area contributed by atoms with Gasteiger partial charge in [0.2, 0.25) is 0 Å². The molecule has 2 aromatic carbocycles. The van der Waals surface area contributed by atoms with E-state index in [1.807, 2.05) is 6.07 Å². The van der Waals surface area contributed by atoms with Crippen LogP contribution in [-0.2, 0) is 6.42 Å². The van der Waals surface area contributed by atoms with Gasteiger partial charge in [-0.3, -0.25) is 4.99 Å². The molecule has 2 aromatic rings. The number of fused-ring (bicyclic) bond motifs is 1. The van der Waals surface area contributed by atoms with Crippen molar-refractivity contribution in [2.75, 3.05) is 0 Å². The van der Waals surface area contributed by atoms with Crippen LogP contribution < -0.4 is 0 Å². The lowest BCUT2D eigenvalue weighted by Crippen LogP contribution is -2.00. The standard InChI is InChI=1S/C16H14FN/c1-10-3-5-12(6-4-10)16-9-13-8-14(17)11(2)7-15(13)18-16/h3-8H,9H2,1-2H3. The Morgan fingerprint density at radius 3 is 2.50 bits per heavy atom. The summed E-state index contributed by atoms with van der Waals surface area (Å²) in [6.07, 6.45) is 0.718. The van der Waals surface area contributed by atoms with E-state index in [9.17, 15) is 4.39 Å². The van der Waals surface area contributed by atoms with Crippen molar-refractivity contribution in [2.45, 2.75) is 20.3 Å². The van der Waals surface area contributed by atoms with Gasteiger partial charge in [0.15, 0.2) is 0 Å². The van der Waals surface area contributed by atoms with E-state index in [-0.39, 0.29) is 5.82 Å². The predicted octanol–water partition coefficient (Wildman–Crippen LogP) is 4.12. The molecular formula is C16H14FN. The van der Waals surface area contributed by atoms with Crippen molar-refractivity contribution in [2.24, 2.45) is 4.99 Å². The van der Waals surface area contributed by atoms with E-state index in [2.05, 4.69) is 36.2 Å². The zero-order valence-electron chi connectivity index (χ0n) is 10.5.